The smallest absolute Gasteiger partial charge is 0.282 e. The molecular weight excluding hydrogens is 684 g/mol. The molecule has 87 valence electrons. The van der Waals surface area contributed by atoms with Gasteiger partial charge in [0.05, 0.1) is 0 Å². The number of rotatable bonds is 0. The molecule has 13 heteroatoms. The second-order valence-electron chi connectivity index (χ2n) is 0.567. The Hall–Kier alpha value is 3.12. The van der Waals surface area contributed by atoms with Crippen molar-refractivity contribution in [3.8, 4) is 0 Å². The molecule has 0 amide bonds. The van der Waals surface area contributed by atoms with Crippen molar-refractivity contribution in [2.24, 2.45) is 0 Å². The van der Waals surface area contributed by atoms with Gasteiger partial charge in [-0.15, -0.1) is 0 Å². The maximum atomic E-state index is 8.57. The quantitative estimate of drug-likeness (QED) is 0.222. The summed E-state index contributed by atoms with van der Waals surface area (Å²) in [5, 5.41) is 0. The molecule has 0 rings (SSSR count). The van der Waals surface area contributed by atoms with E-state index in [0.29, 0.717) is 0 Å². The molecule has 1 radical (unpaired) electrons. The average molecular weight is 684 g/mol. The predicted molar refractivity (Wildman–Crippen MR) is 0 cm³/mol. The third-order valence-corrected chi connectivity index (χ3v) is 0. The summed E-state index contributed by atoms with van der Waals surface area (Å²) in [6.07, 6.45) is 0. The summed E-state index contributed by atoms with van der Waals surface area (Å²) < 4.78 is 77.2. The first kappa shape index (κ1) is 25.1. The predicted octanol–water partition coefficient (Wildman–Crippen LogP) is -19.7. The fourth-order valence-corrected chi connectivity index (χ4v) is 0. The van der Waals surface area contributed by atoms with Crippen molar-refractivity contribution < 1.29 is 133 Å². The van der Waals surface area contributed by atoms with E-state index in [9.17, 15) is 0 Å². The van der Waals surface area contributed by atoms with Gasteiger partial charge >= 0.3 is 0 Å². The zero-order chi connectivity index (χ0) is 10.7. The Morgan fingerprint density at radius 3 is 0.385 bits per heavy atom. The minimum absolute atomic E-state index is 0. The van der Waals surface area contributed by atoms with Crippen LogP contribution in [0, 0.1) is 38.6 Å². The van der Waals surface area contributed by atoms with Crippen LogP contribution in [-0.4, -0.2) is 0 Å². The molecule has 0 spiro atoms. The third-order valence-electron chi connectivity index (χ3n) is 0. The molecule has 0 aromatic heterocycles. The van der Waals surface area contributed by atoms with E-state index in [-0.39, 0.29) is 38.6 Å². The number of halogens is 3. The monoisotopic (exact) mass is 684 g/mol. The van der Waals surface area contributed by atoms with Gasteiger partial charge in [0.2, 0.25) is 0 Å². The Labute approximate surface area is 130 Å². The van der Waals surface area contributed by atoms with Crippen molar-refractivity contribution in [1.29, 1.82) is 0 Å². The molecule has 0 saturated carbocycles. The molecule has 0 N–H and O–H groups in total. The second kappa shape index (κ2) is 20.5. The standard InChI is InChI=1S/3IO3.Tb/c3*2-1(3)4;/q3*-1;. The Balaban J connectivity index is -0.0000000450. The van der Waals surface area contributed by atoms with Crippen molar-refractivity contribution in [2.45, 2.75) is 0 Å². The van der Waals surface area contributed by atoms with E-state index in [1.807, 2.05) is 0 Å². The van der Waals surface area contributed by atoms with Crippen molar-refractivity contribution in [2.75, 3.05) is 0 Å². The first-order valence-corrected chi connectivity index (χ1v) is 9.32. The first-order chi connectivity index (χ1) is 5.20. The molecule has 0 aromatic carbocycles. The first-order valence-electron chi connectivity index (χ1n) is 1.39. The largest absolute Gasteiger partial charge is 0.427 e. The molecule has 0 heterocycles. The molecule has 13 heavy (non-hydrogen) atoms. The minimum Gasteiger partial charge on any atom is -0.427 e. The molecule has 0 fully saturated rings. The van der Waals surface area contributed by atoms with Crippen LogP contribution in [0.1, 0.15) is 0 Å². The van der Waals surface area contributed by atoms with E-state index in [1.54, 1.807) is 0 Å². The molecule has 0 aromatic rings. The van der Waals surface area contributed by atoms with Crippen molar-refractivity contribution in [3.05, 3.63) is 0 Å². The van der Waals surface area contributed by atoms with Gasteiger partial charge in [-0.3, -0.25) is 0 Å². The molecular formula is I3O9Tb-3. The van der Waals surface area contributed by atoms with E-state index < -0.39 is 63.2 Å². The van der Waals surface area contributed by atoms with Crippen LogP contribution in [-0.2, 0) is 0 Å². The fraction of sp³-hybridized carbons (Fsp3) is 0. The Kier molecular flexibility index (Phi) is 39.6. The van der Waals surface area contributed by atoms with E-state index in [0.717, 1.165) is 0 Å². The summed E-state index contributed by atoms with van der Waals surface area (Å²) in [5.41, 5.74) is 0. The maximum Gasteiger partial charge on any atom is 0.282 e. The van der Waals surface area contributed by atoms with Gasteiger partial charge in [0.15, 0.2) is 0 Å². The van der Waals surface area contributed by atoms with Gasteiger partial charge in [-0.1, -0.05) is 0 Å². The minimum atomic E-state index is -4.01. The van der Waals surface area contributed by atoms with Crippen molar-refractivity contribution in [3.63, 3.8) is 0 Å². The van der Waals surface area contributed by atoms with Crippen LogP contribution < -0.4 is 94.1 Å². The van der Waals surface area contributed by atoms with Gasteiger partial charge in [-0.25, -0.2) is 0 Å². The molecule has 9 nitrogen and oxygen atoms in total. The van der Waals surface area contributed by atoms with Crippen LogP contribution >= 0.6 is 0 Å². The van der Waals surface area contributed by atoms with E-state index in [4.69, 9.17) is 30.9 Å². The van der Waals surface area contributed by atoms with Crippen LogP contribution in [0.3, 0.4) is 0 Å². The van der Waals surface area contributed by atoms with Gasteiger partial charge in [0.1, 0.15) is 0 Å². The molecule has 0 aliphatic carbocycles. The van der Waals surface area contributed by atoms with E-state index in [1.165, 1.54) is 0 Å². The Bertz CT molecular complexity index is 43.4. The molecule has 0 aliphatic rings. The van der Waals surface area contributed by atoms with Gasteiger partial charge in [-0.2, -0.15) is 0 Å². The molecule has 0 saturated heterocycles. The van der Waals surface area contributed by atoms with Gasteiger partial charge in [0.25, 0.3) is 63.2 Å². The summed E-state index contributed by atoms with van der Waals surface area (Å²) >= 11 is -12.0. The zero-order valence-corrected chi connectivity index (χ0v) is 13.8. The molecule has 0 bridgehead atoms. The summed E-state index contributed by atoms with van der Waals surface area (Å²) in [4.78, 5) is 0. The van der Waals surface area contributed by atoms with Crippen molar-refractivity contribution >= 4 is 0 Å². The van der Waals surface area contributed by atoms with E-state index >= 15 is 0 Å². The Morgan fingerprint density at radius 1 is 0.385 bits per heavy atom. The van der Waals surface area contributed by atoms with Crippen molar-refractivity contribution in [1.82, 2.24) is 0 Å². The van der Waals surface area contributed by atoms with Crippen LogP contribution in [0.4, 0.5) is 0 Å². The summed E-state index contributed by atoms with van der Waals surface area (Å²) in [7, 11) is 0. The third kappa shape index (κ3) is 268. The normalized spacial score (nSPS) is 8.31. The van der Waals surface area contributed by atoms with E-state index in [2.05, 4.69) is 0 Å². The summed E-state index contributed by atoms with van der Waals surface area (Å²) in [6.45, 7) is 0. The average Bonchev–Trinajstić information content (AvgIpc) is 1.54. The maximum absolute atomic E-state index is 8.57. The van der Waals surface area contributed by atoms with Gasteiger partial charge in [0, 0.05) is 38.6 Å². The second-order valence-corrected chi connectivity index (χ2v) is 3.80. The number of hydrogen-bond acceptors (Lipinski definition) is 9. The summed E-state index contributed by atoms with van der Waals surface area (Å²) in [5.74, 6) is 0. The number of hydrogen-bond donors (Lipinski definition) is 0. The zero-order valence-electron chi connectivity index (χ0n) is 5.14. The molecule has 0 atom stereocenters. The van der Waals surface area contributed by atoms with Gasteiger partial charge in [-0.05, 0) is 0 Å². The van der Waals surface area contributed by atoms with Crippen LogP contribution in [0.25, 0.3) is 0 Å². The van der Waals surface area contributed by atoms with Gasteiger partial charge < -0.3 is 30.9 Å². The van der Waals surface area contributed by atoms with Crippen LogP contribution in [0.5, 0.6) is 0 Å². The fourth-order valence-electron chi connectivity index (χ4n) is 0. The topological polar surface area (TPSA) is 208 Å². The summed E-state index contributed by atoms with van der Waals surface area (Å²) in [6, 6.07) is 0. The molecule has 0 unspecified atom stereocenters. The molecule has 0 aliphatic heterocycles. The van der Waals surface area contributed by atoms with Crippen LogP contribution in [0.15, 0.2) is 0 Å². The van der Waals surface area contributed by atoms with Crippen LogP contribution in [0.2, 0.25) is 0 Å². The SMILES string of the molecule is [O-][I+2]([O-])[O-].[O-][I+2]([O-])[O-].[O-][I+2]([O-])[O-].[Tb]. The Morgan fingerprint density at radius 2 is 0.385 bits per heavy atom.